The third-order valence-corrected chi connectivity index (χ3v) is 4.97. The number of nitrogens with zero attached hydrogens (tertiary/aromatic N) is 3. The Morgan fingerprint density at radius 1 is 1.23 bits per heavy atom. The minimum absolute atomic E-state index is 0.145. The molecule has 0 radical (unpaired) electrons. The van der Waals surface area contributed by atoms with Crippen LogP contribution in [0.1, 0.15) is 30.3 Å². The minimum Gasteiger partial charge on any atom is -0.461 e. The van der Waals surface area contributed by atoms with E-state index < -0.39 is 0 Å². The van der Waals surface area contributed by atoms with E-state index in [-0.39, 0.29) is 6.61 Å². The highest BCUT2D eigenvalue weighted by atomic mass is 35.5. The molecule has 0 saturated heterocycles. The van der Waals surface area contributed by atoms with Crippen molar-refractivity contribution in [1.29, 1.82) is 0 Å². The summed E-state index contributed by atoms with van der Waals surface area (Å²) in [5.74, 6) is 1.15. The fourth-order valence-electron chi connectivity index (χ4n) is 2.37. The summed E-state index contributed by atoms with van der Waals surface area (Å²) in [6.07, 6.45) is 5.51. The van der Waals surface area contributed by atoms with Crippen LogP contribution < -0.4 is 0 Å². The van der Waals surface area contributed by atoms with Gasteiger partial charge in [0.15, 0.2) is 11.0 Å². The molecule has 26 heavy (non-hydrogen) atoms. The van der Waals surface area contributed by atoms with E-state index in [0.717, 1.165) is 35.0 Å². The molecular formula is C18H14ClN3O3S. The first kappa shape index (κ1) is 17.1. The van der Waals surface area contributed by atoms with Crippen LogP contribution in [0.5, 0.6) is 0 Å². The maximum atomic E-state index is 10.3. The molecule has 0 spiro atoms. The second-order valence-corrected chi connectivity index (χ2v) is 7.25. The van der Waals surface area contributed by atoms with Crippen LogP contribution in [0.3, 0.4) is 0 Å². The SMILES string of the molecule is O=COCc1ccc(-c2nc(C3CC3)oc2Sc2ccc(Cl)cn2)cn1. The van der Waals surface area contributed by atoms with Crippen molar-refractivity contribution in [2.45, 2.75) is 35.5 Å². The molecule has 0 unspecified atom stereocenters. The molecular weight excluding hydrogens is 374 g/mol. The predicted molar refractivity (Wildman–Crippen MR) is 95.9 cm³/mol. The van der Waals surface area contributed by atoms with E-state index in [9.17, 15) is 4.79 Å². The van der Waals surface area contributed by atoms with Crippen molar-refractivity contribution < 1.29 is 13.9 Å². The zero-order valence-electron chi connectivity index (χ0n) is 13.6. The van der Waals surface area contributed by atoms with Crippen molar-refractivity contribution >= 4 is 29.8 Å². The third kappa shape index (κ3) is 3.89. The van der Waals surface area contributed by atoms with Crippen molar-refractivity contribution in [2.24, 2.45) is 0 Å². The number of hydrogen-bond donors (Lipinski definition) is 0. The molecule has 1 saturated carbocycles. The van der Waals surface area contributed by atoms with Gasteiger partial charge >= 0.3 is 0 Å². The average molecular weight is 388 g/mol. The van der Waals surface area contributed by atoms with Gasteiger partial charge in [0, 0.05) is 23.9 Å². The number of oxazole rings is 1. The Balaban J connectivity index is 1.63. The molecule has 3 aromatic heterocycles. The van der Waals surface area contributed by atoms with Crippen molar-refractivity contribution in [3.63, 3.8) is 0 Å². The van der Waals surface area contributed by atoms with Gasteiger partial charge in [-0.05, 0) is 48.9 Å². The predicted octanol–water partition coefficient (Wildman–Crippen LogP) is 4.49. The summed E-state index contributed by atoms with van der Waals surface area (Å²) in [6, 6.07) is 7.33. The molecule has 3 aromatic rings. The monoisotopic (exact) mass is 387 g/mol. The van der Waals surface area contributed by atoms with Gasteiger partial charge in [0.2, 0.25) is 0 Å². The molecule has 1 aliphatic rings. The average Bonchev–Trinajstić information content (AvgIpc) is 3.43. The van der Waals surface area contributed by atoms with Crippen LogP contribution in [-0.2, 0) is 16.1 Å². The summed E-state index contributed by atoms with van der Waals surface area (Å²) in [6.45, 7) is 0.551. The van der Waals surface area contributed by atoms with Gasteiger partial charge < -0.3 is 9.15 Å². The number of carbonyl (C=O) groups is 1. The number of rotatable bonds is 7. The second kappa shape index (κ2) is 7.47. The highest BCUT2D eigenvalue weighted by Gasteiger charge is 2.31. The van der Waals surface area contributed by atoms with Crippen molar-refractivity contribution in [2.75, 3.05) is 0 Å². The first-order valence-corrected chi connectivity index (χ1v) is 9.23. The lowest BCUT2D eigenvalue weighted by atomic mass is 10.2. The van der Waals surface area contributed by atoms with Crippen LogP contribution in [0.2, 0.25) is 5.02 Å². The Bertz CT molecular complexity index is 908. The second-order valence-electron chi connectivity index (χ2n) is 5.82. The van der Waals surface area contributed by atoms with Crippen LogP contribution >= 0.6 is 23.4 Å². The van der Waals surface area contributed by atoms with E-state index in [1.807, 2.05) is 12.1 Å². The largest absolute Gasteiger partial charge is 0.461 e. The fraction of sp³-hybridized carbons (Fsp3) is 0.222. The molecule has 3 heterocycles. The summed E-state index contributed by atoms with van der Waals surface area (Å²) >= 11 is 7.30. The summed E-state index contributed by atoms with van der Waals surface area (Å²) in [7, 11) is 0. The van der Waals surface area contributed by atoms with Crippen LogP contribution in [0, 0.1) is 0 Å². The molecule has 0 aliphatic heterocycles. The molecule has 4 rings (SSSR count). The number of ether oxygens (including phenoxy) is 1. The first-order chi connectivity index (χ1) is 12.7. The Kier molecular flexibility index (Phi) is 4.90. The minimum atomic E-state index is 0.145. The molecule has 132 valence electrons. The molecule has 0 N–H and O–H groups in total. The lowest BCUT2D eigenvalue weighted by molar-refractivity contribution is -0.129. The molecule has 6 nitrogen and oxygen atoms in total. The van der Waals surface area contributed by atoms with E-state index in [1.54, 1.807) is 24.5 Å². The van der Waals surface area contributed by atoms with Gasteiger partial charge in [-0.1, -0.05) is 11.6 Å². The molecule has 1 aliphatic carbocycles. The van der Waals surface area contributed by atoms with E-state index in [1.165, 1.54) is 11.8 Å². The van der Waals surface area contributed by atoms with Gasteiger partial charge in [0.1, 0.15) is 17.3 Å². The smallest absolute Gasteiger partial charge is 0.293 e. The first-order valence-electron chi connectivity index (χ1n) is 8.03. The molecule has 8 heteroatoms. The zero-order chi connectivity index (χ0) is 17.9. The van der Waals surface area contributed by atoms with Crippen molar-refractivity contribution in [3.05, 3.63) is 53.3 Å². The Hall–Kier alpha value is -2.38. The van der Waals surface area contributed by atoms with Crippen LogP contribution in [-0.4, -0.2) is 21.4 Å². The standard InChI is InChI=1S/C18H14ClN3O3S/c19-13-4-6-15(21-8-13)26-18-16(22-17(25-18)11-1-2-11)12-3-5-14(20-7-12)9-24-10-23/h3-8,10-11H,1-2,9H2. The molecule has 0 bridgehead atoms. The summed E-state index contributed by atoms with van der Waals surface area (Å²) in [5.41, 5.74) is 2.25. The van der Waals surface area contributed by atoms with Crippen LogP contribution in [0.4, 0.5) is 0 Å². The Morgan fingerprint density at radius 2 is 2.12 bits per heavy atom. The highest BCUT2D eigenvalue weighted by Crippen LogP contribution is 2.44. The highest BCUT2D eigenvalue weighted by molar-refractivity contribution is 7.99. The van der Waals surface area contributed by atoms with Crippen molar-refractivity contribution in [3.8, 4) is 11.3 Å². The lowest BCUT2D eigenvalue weighted by Crippen LogP contribution is -1.94. The van der Waals surface area contributed by atoms with E-state index >= 15 is 0 Å². The maximum absolute atomic E-state index is 10.3. The zero-order valence-corrected chi connectivity index (χ0v) is 15.2. The third-order valence-electron chi connectivity index (χ3n) is 3.83. The van der Waals surface area contributed by atoms with Crippen LogP contribution in [0.15, 0.2) is 51.2 Å². The quantitative estimate of drug-likeness (QED) is 0.553. The maximum Gasteiger partial charge on any atom is 0.293 e. The Labute approximate surface area is 159 Å². The van der Waals surface area contributed by atoms with E-state index in [2.05, 4.69) is 15.0 Å². The number of halogens is 1. The summed E-state index contributed by atoms with van der Waals surface area (Å²) in [4.78, 5) is 23.6. The fourth-order valence-corrected chi connectivity index (χ4v) is 3.30. The molecule has 1 fully saturated rings. The number of pyridine rings is 2. The van der Waals surface area contributed by atoms with Gasteiger partial charge in [-0.15, -0.1) is 0 Å². The summed E-state index contributed by atoms with van der Waals surface area (Å²) in [5, 5.41) is 2.04. The van der Waals surface area contributed by atoms with E-state index in [4.69, 9.17) is 20.8 Å². The molecule has 0 amide bonds. The van der Waals surface area contributed by atoms with E-state index in [0.29, 0.717) is 28.2 Å². The normalized spacial score (nSPS) is 13.6. The van der Waals surface area contributed by atoms with Crippen molar-refractivity contribution in [1.82, 2.24) is 15.0 Å². The lowest BCUT2D eigenvalue weighted by Gasteiger charge is -2.03. The number of aromatic nitrogens is 3. The van der Waals surface area contributed by atoms with Gasteiger partial charge in [0.05, 0.1) is 10.7 Å². The summed E-state index contributed by atoms with van der Waals surface area (Å²) < 4.78 is 10.7. The topological polar surface area (TPSA) is 78.1 Å². The number of hydrogen-bond acceptors (Lipinski definition) is 7. The molecule has 0 atom stereocenters. The molecule has 0 aromatic carbocycles. The Morgan fingerprint density at radius 3 is 2.77 bits per heavy atom. The van der Waals surface area contributed by atoms with Crippen LogP contribution in [0.25, 0.3) is 11.3 Å². The van der Waals surface area contributed by atoms with Gasteiger partial charge in [-0.2, -0.15) is 0 Å². The number of carbonyl (C=O) groups excluding carboxylic acids is 1. The van der Waals surface area contributed by atoms with Gasteiger partial charge in [-0.25, -0.2) is 9.97 Å². The van der Waals surface area contributed by atoms with Gasteiger partial charge in [0.25, 0.3) is 6.47 Å². The van der Waals surface area contributed by atoms with Gasteiger partial charge in [-0.3, -0.25) is 9.78 Å².